The lowest BCUT2D eigenvalue weighted by molar-refractivity contribution is -0.231. The molecule has 2 aromatic rings. The average Bonchev–Trinajstić information content (AvgIpc) is 2.81. The van der Waals surface area contributed by atoms with Gasteiger partial charge in [-0.3, -0.25) is 0 Å². The molecule has 0 radical (unpaired) electrons. The molecule has 1 saturated heterocycles. The molecule has 3 rings (SSSR count). The number of ether oxygens (including phenoxy) is 2. The monoisotopic (exact) mass is 478 g/mol. The highest BCUT2D eigenvalue weighted by molar-refractivity contribution is 6.31. The van der Waals surface area contributed by atoms with Crippen LogP contribution in [0.2, 0.25) is 5.02 Å². The SMILES string of the molecule is CCCCCC(C)Oc1ccc(Cc2cc([C@@H]3O[C@H](CO)[C@@H](O)C(O)[C@H]3O)ccc2Cl)cc1. The van der Waals surface area contributed by atoms with Crippen LogP contribution in [0.3, 0.4) is 0 Å². The number of benzene rings is 2. The van der Waals surface area contributed by atoms with Crippen LogP contribution in [0.5, 0.6) is 5.75 Å². The van der Waals surface area contributed by atoms with Gasteiger partial charge in [0.15, 0.2) is 0 Å². The third-order valence-electron chi connectivity index (χ3n) is 6.16. The maximum atomic E-state index is 10.4. The van der Waals surface area contributed by atoms with Gasteiger partial charge in [0.25, 0.3) is 0 Å². The predicted molar refractivity (Wildman–Crippen MR) is 128 cm³/mol. The van der Waals surface area contributed by atoms with Crippen LogP contribution >= 0.6 is 11.6 Å². The average molecular weight is 479 g/mol. The largest absolute Gasteiger partial charge is 0.491 e. The molecule has 0 bridgehead atoms. The first-order valence-corrected chi connectivity index (χ1v) is 12.1. The Labute approximate surface area is 200 Å². The van der Waals surface area contributed by atoms with Crippen molar-refractivity contribution in [3.05, 3.63) is 64.2 Å². The summed E-state index contributed by atoms with van der Waals surface area (Å²) in [6.45, 7) is 3.82. The van der Waals surface area contributed by atoms with Crippen molar-refractivity contribution in [3.63, 3.8) is 0 Å². The first-order valence-electron chi connectivity index (χ1n) is 11.7. The Morgan fingerprint density at radius 3 is 2.39 bits per heavy atom. The lowest BCUT2D eigenvalue weighted by Crippen LogP contribution is -2.55. The highest BCUT2D eigenvalue weighted by Gasteiger charge is 2.44. The molecule has 33 heavy (non-hydrogen) atoms. The van der Waals surface area contributed by atoms with Gasteiger partial charge in [-0.05, 0) is 61.1 Å². The van der Waals surface area contributed by atoms with Crippen LogP contribution in [0.25, 0.3) is 0 Å². The molecule has 6 nitrogen and oxygen atoms in total. The number of halogens is 1. The lowest BCUT2D eigenvalue weighted by atomic mass is 9.90. The number of rotatable bonds is 10. The van der Waals surface area contributed by atoms with Crippen molar-refractivity contribution in [1.29, 1.82) is 0 Å². The minimum Gasteiger partial charge on any atom is -0.491 e. The molecule has 1 aliphatic heterocycles. The molecule has 0 saturated carbocycles. The molecule has 7 heteroatoms. The van der Waals surface area contributed by atoms with E-state index in [0.29, 0.717) is 17.0 Å². The van der Waals surface area contributed by atoms with E-state index in [2.05, 4.69) is 13.8 Å². The zero-order valence-electron chi connectivity index (χ0n) is 19.2. The van der Waals surface area contributed by atoms with Crippen molar-refractivity contribution >= 4 is 11.6 Å². The molecule has 1 aliphatic rings. The van der Waals surface area contributed by atoms with Crippen molar-refractivity contribution in [3.8, 4) is 5.75 Å². The Bertz CT molecular complexity index is 872. The number of hydrogen-bond donors (Lipinski definition) is 4. The van der Waals surface area contributed by atoms with Crippen LogP contribution in [-0.2, 0) is 11.2 Å². The highest BCUT2D eigenvalue weighted by atomic mass is 35.5. The van der Waals surface area contributed by atoms with Crippen LogP contribution in [0.1, 0.15) is 62.3 Å². The van der Waals surface area contributed by atoms with E-state index in [4.69, 9.17) is 21.1 Å². The molecule has 4 N–H and O–H groups in total. The molecule has 0 aliphatic carbocycles. The van der Waals surface area contributed by atoms with E-state index in [1.807, 2.05) is 30.3 Å². The van der Waals surface area contributed by atoms with Crippen LogP contribution in [0.15, 0.2) is 42.5 Å². The summed E-state index contributed by atoms with van der Waals surface area (Å²) in [5.74, 6) is 0.837. The molecular weight excluding hydrogens is 444 g/mol. The van der Waals surface area contributed by atoms with Crippen molar-refractivity contribution < 1.29 is 29.9 Å². The molecule has 0 amide bonds. The van der Waals surface area contributed by atoms with Gasteiger partial charge in [0.2, 0.25) is 0 Å². The topological polar surface area (TPSA) is 99.4 Å². The van der Waals surface area contributed by atoms with Crippen molar-refractivity contribution in [2.75, 3.05) is 6.61 Å². The summed E-state index contributed by atoms with van der Waals surface area (Å²) in [5, 5.41) is 40.6. The van der Waals surface area contributed by atoms with Crippen molar-refractivity contribution in [1.82, 2.24) is 0 Å². The first kappa shape index (κ1) is 25.9. The fourth-order valence-corrected chi connectivity index (χ4v) is 4.35. The zero-order chi connectivity index (χ0) is 24.0. The second-order valence-electron chi connectivity index (χ2n) is 8.85. The van der Waals surface area contributed by atoms with E-state index in [1.54, 1.807) is 12.1 Å². The molecule has 2 aromatic carbocycles. The lowest BCUT2D eigenvalue weighted by Gasteiger charge is -2.40. The summed E-state index contributed by atoms with van der Waals surface area (Å²) in [4.78, 5) is 0. The smallest absolute Gasteiger partial charge is 0.119 e. The minimum absolute atomic E-state index is 0.173. The van der Waals surface area contributed by atoms with E-state index < -0.39 is 37.1 Å². The molecule has 0 spiro atoms. The molecular formula is C26H35ClO6. The van der Waals surface area contributed by atoms with Gasteiger partial charge in [0.05, 0.1) is 12.7 Å². The number of aliphatic hydroxyl groups excluding tert-OH is 4. The Hall–Kier alpha value is -1.67. The molecule has 182 valence electrons. The third-order valence-corrected chi connectivity index (χ3v) is 6.53. The Morgan fingerprint density at radius 2 is 1.73 bits per heavy atom. The van der Waals surface area contributed by atoms with Gasteiger partial charge >= 0.3 is 0 Å². The van der Waals surface area contributed by atoms with Crippen molar-refractivity contribution in [2.45, 2.75) is 82.6 Å². The van der Waals surface area contributed by atoms with Gasteiger partial charge in [0, 0.05) is 5.02 Å². The quantitative estimate of drug-likeness (QED) is 0.388. The Kier molecular flexibility index (Phi) is 9.56. The minimum atomic E-state index is -1.42. The predicted octanol–water partition coefficient (Wildman–Crippen LogP) is 3.79. The van der Waals surface area contributed by atoms with Crippen molar-refractivity contribution in [2.24, 2.45) is 0 Å². The maximum absolute atomic E-state index is 10.4. The number of aliphatic hydroxyl groups is 4. The summed E-state index contributed by atoms with van der Waals surface area (Å²) < 4.78 is 11.7. The summed E-state index contributed by atoms with van der Waals surface area (Å²) >= 11 is 6.43. The first-order chi connectivity index (χ1) is 15.8. The van der Waals surface area contributed by atoms with Gasteiger partial charge in [-0.15, -0.1) is 0 Å². The normalized spacial score (nSPS) is 26.2. The molecule has 2 unspecified atom stereocenters. The summed E-state index contributed by atoms with van der Waals surface area (Å²) in [7, 11) is 0. The van der Waals surface area contributed by atoms with Gasteiger partial charge in [-0.2, -0.15) is 0 Å². The zero-order valence-corrected chi connectivity index (χ0v) is 20.0. The van der Waals surface area contributed by atoms with Crippen LogP contribution in [-0.4, -0.2) is 57.6 Å². The molecule has 6 atom stereocenters. The summed E-state index contributed by atoms with van der Waals surface area (Å²) in [6.07, 6.45) is -0.617. The van der Waals surface area contributed by atoms with Crippen LogP contribution in [0, 0.1) is 0 Å². The maximum Gasteiger partial charge on any atom is 0.119 e. The highest BCUT2D eigenvalue weighted by Crippen LogP contribution is 2.34. The second-order valence-corrected chi connectivity index (χ2v) is 9.25. The third kappa shape index (κ3) is 6.69. The van der Waals surface area contributed by atoms with E-state index in [-0.39, 0.29) is 6.10 Å². The summed E-state index contributed by atoms with van der Waals surface area (Å²) in [6, 6.07) is 13.2. The van der Waals surface area contributed by atoms with Crippen LogP contribution < -0.4 is 4.74 Å². The Balaban J connectivity index is 1.69. The fraction of sp³-hybridized carbons (Fsp3) is 0.538. The van der Waals surface area contributed by atoms with Gasteiger partial charge in [-0.1, -0.05) is 55.6 Å². The summed E-state index contributed by atoms with van der Waals surface area (Å²) in [5.41, 5.74) is 2.51. The van der Waals surface area contributed by atoms with E-state index in [9.17, 15) is 20.4 Å². The molecule has 1 heterocycles. The number of hydrogen-bond acceptors (Lipinski definition) is 6. The van der Waals surface area contributed by atoms with E-state index in [1.165, 1.54) is 19.3 Å². The number of unbranched alkanes of at least 4 members (excludes halogenated alkanes) is 2. The van der Waals surface area contributed by atoms with Crippen LogP contribution in [0.4, 0.5) is 0 Å². The Morgan fingerprint density at radius 1 is 1.00 bits per heavy atom. The second kappa shape index (κ2) is 12.2. The molecule has 0 aromatic heterocycles. The van der Waals surface area contributed by atoms with E-state index >= 15 is 0 Å². The fourth-order valence-electron chi connectivity index (χ4n) is 4.16. The van der Waals surface area contributed by atoms with Gasteiger partial charge in [-0.25, -0.2) is 0 Å². The van der Waals surface area contributed by atoms with E-state index in [0.717, 1.165) is 23.3 Å². The standard InChI is InChI=1S/C26H35ClO6/c1-3-4-5-6-16(2)32-20-10-7-17(8-11-20)13-19-14-18(9-12-21(19)27)26-25(31)24(30)23(29)22(15-28)33-26/h7-12,14,16,22-26,28-31H,3-6,13,15H2,1-2H3/t16?,22-,23-,24?,25-,26+/m1/s1. The molecule has 1 fully saturated rings. The van der Waals surface area contributed by atoms with Gasteiger partial charge in [0.1, 0.15) is 36.3 Å². The van der Waals surface area contributed by atoms with Gasteiger partial charge < -0.3 is 29.9 Å².